The van der Waals surface area contributed by atoms with Crippen molar-refractivity contribution in [3.05, 3.63) is 36.4 Å². The Kier molecular flexibility index (Phi) is 4.07. The summed E-state index contributed by atoms with van der Waals surface area (Å²) in [7, 11) is 0. The summed E-state index contributed by atoms with van der Waals surface area (Å²) in [6.45, 7) is 2.29. The summed E-state index contributed by atoms with van der Waals surface area (Å²) in [6.07, 6.45) is 1.33. The predicted octanol–water partition coefficient (Wildman–Crippen LogP) is 1.47. The van der Waals surface area contributed by atoms with Gasteiger partial charge in [0.15, 0.2) is 0 Å². The van der Waals surface area contributed by atoms with Gasteiger partial charge in [-0.1, -0.05) is 0 Å². The number of anilines is 2. The average Bonchev–Trinajstić information content (AvgIpc) is 2.38. The van der Waals surface area contributed by atoms with Gasteiger partial charge in [0.25, 0.3) is 0 Å². The van der Waals surface area contributed by atoms with E-state index in [-0.39, 0.29) is 17.8 Å². The van der Waals surface area contributed by atoms with Crippen LogP contribution >= 0.6 is 0 Å². The molecule has 0 bridgehead atoms. The maximum absolute atomic E-state index is 12.7. The molecule has 6 nitrogen and oxygen atoms in total. The van der Waals surface area contributed by atoms with Crippen molar-refractivity contribution in [1.29, 1.82) is 0 Å². The third-order valence-electron chi connectivity index (χ3n) is 2.28. The highest BCUT2D eigenvalue weighted by Gasteiger charge is 2.06. The van der Waals surface area contributed by atoms with Crippen LogP contribution in [0.15, 0.2) is 30.6 Å². The molecule has 0 saturated carbocycles. The van der Waals surface area contributed by atoms with Crippen molar-refractivity contribution in [1.82, 2.24) is 15.0 Å². The first-order valence-electron chi connectivity index (χ1n) is 5.73. The van der Waals surface area contributed by atoms with Gasteiger partial charge in [0, 0.05) is 0 Å². The van der Waals surface area contributed by atoms with Crippen LogP contribution in [0.2, 0.25) is 0 Å². The van der Waals surface area contributed by atoms with E-state index in [0.717, 1.165) is 0 Å². The second kappa shape index (κ2) is 5.94. The highest BCUT2D eigenvalue weighted by molar-refractivity contribution is 5.30. The molecule has 0 spiro atoms. The van der Waals surface area contributed by atoms with Gasteiger partial charge in [-0.3, -0.25) is 0 Å². The van der Waals surface area contributed by atoms with Gasteiger partial charge in [0.1, 0.15) is 24.5 Å². The van der Waals surface area contributed by atoms with Crippen molar-refractivity contribution in [3.63, 3.8) is 0 Å². The highest BCUT2D eigenvalue weighted by atomic mass is 19.1. The molecule has 7 heteroatoms. The molecule has 0 aliphatic rings. The molecule has 1 heterocycles. The number of nitrogens with one attached hydrogen (secondary N) is 1. The third-order valence-corrected chi connectivity index (χ3v) is 2.28. The Labute approximate surface area is 109 Å². The molecule has 0 saturated heterocycles. The zero-order valence-electron chi connectivity index (χ0n) is 10.4. The Morgan fingerprint density at radius 2 is 2.05 bits per heavy atom. The number of benzene rings is 1. The van der Waals surface area contributed by atoms with Crippen LogP contribution in [0.4, 0.5) is 16.3 Å². The van der Waals surface area contributed by atoms with Crippen molar-refractivity contribution >= 4 is 11.9 Å². The van der Waals surface area contributed by atoms with E-state index in [4.69, 9.17) is 10.5 Å². The lowest BCUT2D eigenvalue weighted by Crippen LogP contribution is -2.24. The Morgan fingerprint density at radius 3 is 2.74 bits per heavy atom. The summed E-state index contributed by atoms with van der Waals surface area (Å²) < 4.78 is 18.2. The molecule has 0 radical (unpaired) electrons. The van der Waals surface area contributed by atoms with E-state index in [0.29, 0.717) is 18.3 Å². The number of halogens is 1. The van der Waals surface area contributed by atoms with Crippen molar-refractivity contribution in [3.8, 4) is 5.75 Å². The molecular formula is C12H14FN5O. The molecule has 0 amide bonds. The Hall–Kier alpha value is -2.44. The van der Waals surface area contributed by atoms with Crippen LogP contribution in [-0.4, -0.2) is 27.6 Å². The van der Waals surface area contributed by atoms with E-state index in [1.165, 1.54) is 18.5 Å². The first kappa shape index (κ1) is 13.0. The number of nitrogen functional groups attached to an aromatic ring is 1. The molecule has 1 unspecified atom stereocenters. The number of nitrogens with zero attached hydrogens (tertiary/aromatic N) is 3. The fourth-order valence-corrected chi connectivity index (χ4v) is 1.39. The zero-order valence-corrected chi connectivity index (χ0v) is 10.4. The Morgan fingerprint density at radius 1 is 1.32 bits per heavy atom. The fourth-order valence-electron chi connectivity index (χ4n) is 1.39. The SMILES string of the molecule is CC(COc1ccc(F)cc1)Nc1ncnc(N)n1. The molecule has 0 fully saturated rings. The molecular weight excluding hydrogens is 249 g/mol. The predicted molar refractivity (Wildman–Crippen MR) is 69.2 cm³/mol. The van der Waals surface area contributed by atoms with Gasteiger partial charge < -0.3 is 15.8 Å². The van der Waals surface area contributed by atoms with E-state index in [1.54, 1.807) is 12.1 Å². The monoisotopic (exact) mass is 263 g/mol. The largest absolute Gasteiger partial charge is 0.491 e. The van der Waals surface area contributed by atoms with Gasteiger partial charge in [-0.15, -0.1) is 0 Å². The van der Waals surface area contributed by atoms with E-state index >= 15 is 0 Å². The number of rotatable bonds is 5. The smallest absolute Gasteiger partial charge is 0.227 e. The Balaban J connectivity index is 1.84. The first-order valence-corrected chi connectivity index (χ1v) is 5.73. The molecule has 2 rings (SSSR count). The lowest BCUT2D eigenvalue weighted by atomic mass is 10.3. The van der Waals surface area contributed by atoms with Crippen molar-refractivity contribution in [2.45, 2.75) is 13.0 Å². The lowest BCUT2D eigenvalue weighted by Gasteiger charge is -2.14. The standard InChI is InChI=1S/C12H14FN5O/c1-8(17-12-16-7-15-11(14)18-12)6-19-10-4-2-9(13)3-5-10/h2-5,7-8H,6H2,1H3,(H3,14,15,16,17,18). The summed E-state index contributed by atoms with van der Waals surface area (Å²) in [5, 5.41) is 3.02. The zero-order chi connectivity index (χ0) is 13.7. The quantitative estimate of drug-likeness (QED) is 0.849. The van der Waals surface area contributed by atoms with Gasteiger partial charge in [-0.25, -0.2) is 14.4 Å². The molecule has 0 aliphatic heterocycles. The molecule has 1 aromatic heterocycles. The summed E-state index contributed by atoms with van der Waals surface area (Å²) in [5.41, 5.74) is 5.44. The number of aromatic nitrogens is 3. The molecule has 19 heavy (non-hydrogen) atoms. The second-order valence-corrected chi connectivity index (χ2v) is 3.98. The van der Waals surface area contributed by atoms with Gasteiger partial charge in [-0.2, -0.15) is 4.98 Å². The lowest BCUT2D eigenvalue weighted by molar-refractivity contribution is 0.303. The number of hydrogen-bond donors (Lipinski definition) is 2. The number of hydrogen-bond acceptors (Lipinski definition) is 6. The van der Waals surface area contributed by atoms with Crippen LogP contribution in [0.3, 0.4) is 0 Å². The van der Waals surface area contributed by atoms with Crippen LogP contribution in [0.1, 0.15) is 6.92 Å². The van der Waals surface area contributed by atoms with E-state index in [9.17, 15) is 4.39 Å². The van der Waals surface area contributed by atoms with Gasteiger partial charge in [0.2, 0.25) is 11.9 Å². The van der Waals surface area contributed by atoms with Crippen molar-refractivity contribution < 1.29 is 9.13 Å². The van der Waals surface area contributed by atoms with E-state index < -0.39 is 0 Å². The maximum atomic E-state index is 12.7. The summed E-state index contributed by atoms with van der Waals surface area (Å²) in [4.78, 5) is 11.5. The van der Waals surface area contributed by atoms with Crippen LogP contribution in [-0.2, 0) is 0 Å². The van der Waals surface area contributed by atoms with Crippen LogP contribution < -0.4 is 15.8 Å². The first-order chi connectivity index (χ1) is 9.13. The van der Waals surface area contributed by atoms with Crippen LogP contribution in [0, 0.1) is 5.82 Å². The Bertz CT molecular complexity index is 534. The van der Waals surface area contributed by atoms with Gasteiger partial charge >= 0.3 is 0 Å². The number of ether oxygens (including phenoxy) is 1. The van der Waals surface area contributed by atoms with E-state index in [1.807, 2.05) is 6.92 Å². The maximum Gasteiger partial charge on any atom is 0.227 e. The average molecular weight is 263 g/mol. The number of nitrogens with two attached hydrogens (primary N) is 1. The summed E-state index contributed by atoms with van der Waals surface area (Å²) >= 11 is 0. The fraction of sp³-hybridized carbons (Fsp3) is 0.250. The topological polar surface area (TPSA) is 86.0 Å². The molecule has 1 atom stereocenters. The van der Waals surface area contributed by atoms with Crippen molar-refractivity contribution in [2.24, 2.45) is 0 Å². The van der Waals surface area contributed by atoms with Crippen LogP contribution in [0.5, 0.6) is 5.75 Å². The molecule has 3 N–H and O–H groups in total. The molecule has 1 aromatic carbocycles. The molecule has 100 valence electrons. The summed E-state index contributed by atoms with van der Waals surface area (Å²) in [5.74, 6) is 0.858. The minimum Gasteiger partial charge on any atom is -0.491 e. The van der Waals surface area contributed by atoms with Gasteiger partial charge in [-0.05, 0) is 31.2 Å². The highest BCUT2D eigenvalue weighted by Crippen LogP contribution is 2.11. The molecule has 0 aliphatic carbocycles. The van der Waals surface area contributed by atoms with Crippen LogP contribution in [0.25, 0.3) is 0 Å². The van der Waals surface area contributed by atoms with Gasteiger partial charge in [0.05, 0.1) is 6.04 Å². The minimum absolute atomic E-state index is 0.0353. The minimum atomic E-state index is -0.292. The third kappa shape index (κ3) is 4.06. The second-order valence-electron chi connectivity index (χ2n) is 3.98. The van der Waals surface area contributed by atoms with E-state index in [2.05, 4.69) is 20.3 Å². The van der Waals surface area contributed by atoms with Crippen molar-refractivity contribution in [2.75, 3.05) is 17.7 Å². The summed E-state index contributed by atoms with van der Waals surface area (Å²) in [6, 6.07) is 5.80. The molecule has 2 aromatic rings. The normalized spacial score (nSPS) is 11.9.